The first-order chi connectivity index (χ1) is 13.3. The van der Waals surface area contributed by atoms with Gasteiger partial charge in [-0.05, 0) is 24.5 Å². The van der Waals surface area contributed by atoms with Gasteiger partial charge in [-0.15, -0.1) is 0 Å². The Hall–Kier alpha value is -2.58. The number of rotatable bonds is 3. The van der Waals surface area contributed by atoms with E-state index >= 15 is 0 Å². The van der Waals surface area contributed by atoms with Crippen LogP contribution in [-0.2, 0) is 10.9 Å². The Morgan fingerprint density at radius 1 is 1.14 bits per heavy atom. The minimum Gasteiger partial charge on any atom is -0.449 e. The predicted octanol–water partition coefficient (Wildman–Crippen LogP) is 3.95. The standard InChI is InChI=1S/C19H23F3N4O2/c1-13(2)12-28-18(27)26-9-5-8-25(10-11-26)16-14-6-3-4-7-15(14)23-17(24-16)19(20,21)22/h3-4,6-7,13H,5,8-12H2,1-2H3. The number of nitrogens with zero attached hydrogens (tertiary/aromatic N) is 4. The Kier molecular flexibility index (Phi) is 5.90. The maximum Gasteiger partial charge on any atom is 0.451 e. The highest BCUT2D eigenvalue weighted by Crippen LogP contribution is 2.32. The summed E-state index contributed by atoms with van der Waals surface area (Å²) >= 11 is 0. The van der Waals surface area contributed by atoms with Gasteiger partial charge < -0.3 is 14.5 Å². The summed E-state index contributed by atoms with van der Waals surface area (Å²) in [5, 5.41) is 0.561. The topological polar surface area (TPSA) is 58.6 Å². The van der Waals surface area contributed by atoms with Crippen LogP contribution in [0.15, 0.2) is 24.3 Å². The summed E-state index contributed by atoms with van der Waals surface area (Å²) in [4.78, 5) is 23.1. The molecule has 0 saturated carbocycles. The smallest absolute Gasteiger partial charge is 0.449 e. The van der Waals surface area contributed by atoms with Gasteiger partial charge in [0.05, 0.1) is 12.1 Å². The molecule has 1 aromatic carbocycles. The van der Waals surface area contributed by atoms with Gasteiger partial charge in [0.2, 0.25) is 5.82 Å². The lowest BCUT2D eigenvalue weighted by atomic mass is 10.2. The van der Waals surface area contributed by atoms with E-state index in [-0.39, 0.29) is 23.3 Å². The molecule has 28 heavy (non-hydrogen) atoms. The summed E-state index contributed by atoms with van der Waals surface area (Å²) in [6, 6.07) is 6.65. The summed E-state index contributed by atoms with van der Waals surface area (Å²) in [5.41, 5.74) is 0.247. The molecule has 1 saturated heterocycles. The van der Waals surface area contributed by atoms with Crippen LogP contribution < -0.4 is 4.90 Å². The molecule has 2 heterocycles. The minimum absolute atomic E-state index is 0.237. The van der Waals surface area contributed by atoms with Crippen molar-refractivity contribution in [1.82, 2.24) is 14.9 Å². The van der Waals surface area contributed by atoms with Crippen LogP contribution in [0.2, 0.25) is 0 Å². The maximum absolute atomic E-state index is 13.2. The fourth-order valence-electron chi connectivity index (χ4n) is 3.07. The highest BCUT2D eigenvalue weighted by atomic mass is 19.4. The summed E-state index contributed by atoms with van der Waals surface area (Å²) in [5.74, 6) is -0.672. The summed E-state index contributed by atoms with van der Waals surface area (Å²) in [6.45, 7) is 5.96. The molecule has 6 nitrogen and oxygen atoms in total. The third-order valence-corrected chi connectivity index (χ3v) is 4.43. The summed E-state index contributed by atoms with van der Waals surface area (Å²) in [6.07, 6.45) is -4.41. The molecule has 9 heteroatoms. The van der Waals surface area contributed by atoms with Crippen molar-refractivity contribution in [1.29, 1.82) is 0 Å². The number of carbonyl (C=O) groups excluding carboxylic acids is 1. The first-order valence-electron chi connectivity index (χ1n) is 9.26. The summed E-state index contributed by atoms with van der Waals surface area (Å²) < 4.78 is 45.0. The number of benzene rings is 1. The van der Waals surface area contributed by atoms with E-state index in [1.54, 1.807) is 34.1 Å². The number of anilines is 1. The number of halogens is 3. The molecule has 3 rings (SSSR count). The molecule has 0 N–H and O–H groups in total. The molecule has 0 atom stereocenters. The van der Waals surface area contributed by atoms with E-state index in [0.717, 1.165) is 0 Å². The van der Waals surface area contributed by atoms with Gasteiger partial charge in [-0.1, -0.05) is 26.0 Å². The average Bonchev–Trinajstić information content (AvgIpc) is 2.90. The monoisotopic (exact) mass is 396 g/mol. The van der Waals surface area contributed by atoms with Gasteiger partial charge in [0.25, 0.3) is 0 Å². The van der Waals surface area contributed by atoms with Crippen LogP contribution in [0.5, 0.6) is 0 Å². The Balaban J connectivity index is 1.84. The fraction of sp³-hybridized carbons (Fsp3) is 0.526. The van der Waals surface area contributed by atoms with Crippen molar-refractivity contribution in [3.8, 4) is 0 Å². The van der Waals surface area contributed by atoms with E-state index in [1.807, 2.05) is 13.8 Å². The van der Waals surface area contributed by atoms with Gasteiger partial charge in [0, 0.05) is 31.6 Å². The number of alkyl halides is 3. The second-order valence-corrected chi connectivity index (χ2v) is 7.18. The van der Waals surface area contributed by atoms with E-state index in [0.29, 0.717) is 44.6 Å². The molecular formula is C19H23F3N4O2. The zero-order chi connectivity index (χ0) is 20.3. The molecule has 0 unspecified atom stereocenters. The van der Waals surface area contributed by atoms with Crippen LogP contribution >= 0.6 is 0 Å². The highest BCUT2D eigenvalue weighted by Gasteiger charge is 2.36. The fourth-order valence-corrected chi connectivity index (χ4v) is 3.07. The van der Waals surface area contributed by atoms with Crippen molar-refractivity contribution in [2.75, 3.05) is 37.7 Å². The van der Waals surface area contributed by atoms with Gasteiger partial charge in [-0.25, -0.2) is 14.8 Å². The van der Waals surface area contributed by atoms with E-state index < -0.39 is 12.0 Å². The Morgan fingerprint density at radius 2 is 1.89 bits per heavy atom. The molecule has 0 bridgehead atoms. The van der Waals surface area contributed by atoms with Crippen molar-refractivity contribution in [2.45, 2.75) is 26.4 Å². The van der Waals surface area contributed by atoms with Crippen molar-refractivity contribution >= 4 is 22.8 Å². The average molecular weight is 396 g/mol. The SMILES string of the molecule is CC(C)COC(=O)N1CCCN(c2nc(C(F)(F)F)nc3ccccc23)CC1. The Labute approximate surface area is 161 Å². The zero-order valence-corrected chi connectivity index (χ0v) is 15.9. The largest absolute Gasteiger partial charge is 0.451 e. The quantitative estimate of drug-likeness (QED) is 0.786. The van der Waals surface area contributed by atoms with E-state index in [2.05, 4.69) is 9.97 Å². The number of carbonyl (C=O) groups is 1. The molecule has 1 fully saturated rings. The van der Waals surface area contributed by atoms with Crippen LogP contribution in [0.4, 0.5) is 23.8 Å². The van der Waals surface area contributed by atoms with Crippen molar-refractivity contribution in [2.24, 2.45) is 5.92 Å². The van der Waals surface area contributed by atoms with Crippen molar-refractivity contribution in [3.05, 3.63) is 30.1 Å². The van der Waals surface area contributed by atoms with Crippen LogP contribution in [0, 0.1) is 5.92 Å². The number of amides is 1. The molecule has 1 aromatic heterocycles. The predicted molar refractivity (Wildman–Crippen MR) is 99.1 cm³/mol. The van der Waals surface area contributed by atoms with Crippen LogP contribution in [0.25, 0.3) is 10.9 Å². The lowest BCUT2D eigenvalue weighted by molar-refractivity contribution is -0.144. The van der Waals surface area contributed by atoms with E-state index in [4.69, 9.17) is 4.74 Å². The van der Waals surface area contributed by atoms with Gasteiger partial charge >= 0.3 is 12.3 Å². The zero-order valence-electron chi connectivity index (χ0n) is 15.9. The minimum atomic E-state index is -4.63. The van der Waals surface area contributed by atoms with Gasteiger partial charge in [0.1, 0.15) is 5.82 Å². The van der Waals surface area contributed by atoms with Crippen LogP contribution in [0.3, 0.4) is 0 Å². The third kappa shape index (κ3) is 4.63. The first kappa shape index (κ1) is 20.2. The molecule has 0 aliphatic carbocycles. The number of aromatic nitrogens is 2. The van der Waals surface area contributed by atoms with Crippen LogP contribution in [0.1, 0.15) is 26.1 Å². The Morgan fingerprint density at radius 3 is 2.61 bits per heavy atom. The molecule has 1 amide bonds. The molecule has 0 spiro atoms. The van der Waals surface area contributed by atoms with E-state index in [1.165, 1.54) is 0 Å². The second kappa shape index (κ2) is 8.20. The Bertz CT molecular complexity index is 842. The van der Waals surface area contributed by atoms with Gasteiger partial charge in [-0.3, -0.25) is 0 Å². The highest BCUT2D eigenvalue weighted by molar-refractivity contribution is 5.89. The first-order valence-corrected chi connectivity index (χ1v) is 9.26. The number of hydrogen-bond donors (Lipinski definition) is 0. The van der Waals surface area contributed by atoms with E-state index in [9.17, 15) is 18.0 Å². The van der Waals surface area contributed by atoms with Gasteiger partial charge in [0.15, 0.2) is 0 Å². The second-order valence-electron chi connectivity index (χ2n) is 7.18. The molecule has 2 aromatic rings. The maximum atomic E-state index is 13.2. The molecule has 0 radical (unpaired) electrons. The lowest BCUT2D eigenvalue weighted by Crippen LogP contribution is -2.36. The molecule has 152 valence electrons. The normalized spacial score (nSPS) is 15.8. The summed E-state index contributed by atoms with van der Waals surface area (Å²) in [7, 11) is 0. The third-order valence-electron chi connectivity index (χ3n) is 4.43. The molecule has 1 aliphatic rings. The molecular weight excluding hydrogens is 373 g/mol. The van der Waals surface area contributed by atoms with Crippen molar-refractivity contribution in [3.63, 3.8) is 0 Å². The molecule has 1 aliphatic heterocycles. The number of para-hydroxylation sites is 1. The van der Waals surface area contributed by atoms with Gasteiger partial charge in [-0.2, -0.15) is 13.2 Å². The van der Waals surface area contributed by atoms with Crippen molar-refractivity contribution < 1.29 is 22.7 Å². The van der Waals surface area contributed by atoms with Crippen LogP contribution in [-0.4, -0.2) is 53.7 Å². The number of ether oxygens (including phenoxy) is 1. The number of hydrogen-bond acceptors (Lipinski definition) is 5. The lowest BCUT2D eigenvalue weighted by Gasteiger charge is -2.24. The number of fused-ring (bicyclic) bond motifs is 1.